The Labute approximate surface area is 210 Å². The van der Waals surface area contributed by atoms with Gasteiger partial charge < -0.3 is 21.1 Å². The Kier molecular flexibility index (Phi) is 8.17. The van der Waals surface area contributed by atoms with Crippen LogP contribution in [-0.2, 0) is 14.4 Å². The maximum Gasteiger partial charge on any atom is 0.412 e. The van der Waals surface area contributed by atoms with Crippen LogP contribution in [0.4, 0.5) is 19.3 Å². The molecule has 4 atom stereocenters. The maximum atomic E-state index is 13.9. The van der Waals surface area contributed by atoms with Crippen molar-refractivity contribution in [2.45, 2.75) is 63.1 Å². The zero-order valence-electron chi connectivity index (χ0n) is 19.6. The van der Waals surface area contributed by atoms with Crippen LogP contribution in [-0.4, -0.2) is 65.8 Å². The number of hydrogen-bond acceptors (Lipinski definition) is 5. The van der Waals surface area contributed by atoms with E-state index in [1.807, 2.05) is 0 Å². The molecule has 1 saturated heterocycles. The molecule has 1 saturated carbocycles. The van der Waals surface area contributed by atoms with Crippen molar-refractivity contribution < 1.29 is 37.9 Å². The van der Waals surface area contributed by atoms with Crippen molar-refractivity contribution in [1.29, 1.82) is 0 Å². The minimum absolute atomic E-state index is 0.0594. The van der Waals surface area contributed by atoms with Gasteiger partial charge in [-0.25, -0.2) is 13.6 Å². The molecule has 4 N–H and O–H groups in total. The number of hydrogen-bond donors (Lipinski definition) is 4. The first-order chi connectivity index (χ1) is 16.8. The Morgan fingerprint density at radius 3 is 2.53 bits per heavy atom. The molecule has 1 aromatic rings. The van der Waals surface area contributed by atoms with Crippen molar-refractivity contribution in [2.75, 3.05) is 11.9 Å². The molecule has 0 radical (unpaired) electrons. The van der Waals surface area contributed by atoms with E-state index in [0.717, 1.165) is 6.07 Å². The molecule has 1 heterocycles. The molecule has 196 valence electrons. The molecular weight excluding hydrogens is 502 g/mol. The summed E-state index contributed by atoms with van der Waals surface area (Å²) in [5.74, 6) is -6.94. The first kappa shape index (κ1) is 27.3. The predicted molar refractivity (Wildman–Crippen MR) is 125 cm³/mol. The van der Waals surface area contributed by atoms with Gasteiger partial charge in [-0.3, -0.25) is 24.1 Å². The summed E-state index contributed by atoms with van der Waals surface area (Å²) >= 11 is 6.04. The van der Waals surface area contributed by atoms with Crippen molar-refractivity contribution in [3.63, 3.8) is 0 Å². The first-order valence-corrected chi connectivity index (χ1v) is 11.8. The summed E-state index contributed by atoms with van der Waals surface area (Å²) in [6.07, 6.45) is -2.64. The lowest BCUT2D eigenvalue weighted by atomic mass is 9.93. The predicted octanol–water partition coefficient (Wildman–Crippen LogP) is 2.34. The minimum atomic E-state index is -3.04. The quantitative estimate of drug-likeness (QED) is 0.381. The van der Waals surface area contributed by atoms with Gasteiger partial charge in [-0.05, 0) is 44.4 Å². The van der Waals surface area contributed by atoms with E-state index in [0.29, 0.717) is 11.3 Å². The standard InChI is InChI=1S/C23H27ClF2N4O6/c1-11-7-12(19(32)28-11)8-16(18(31)21(34)27-2)29-20(33)15-9-13(24)3-4-17(15)30(22(35)36)14-5-6-23(25,26)10-14/h3-4,9,11-12,14,16H,5-8,10H2,1-2H3,(H,27,34)(H,28,32)(H,29,33)(H,35,36)/t11-,12+,14?,16+/m1/s1. The molecule has 4 amide bonds. The molecular formula is C23H27ClF2N4O6. The van der Waals surface area contributed by atoms with Crippen LogP contribution in [0.25, 0.3) is 0 Å². The number of nitrogens with zero attached hydrogens (tertiary/aromatic N) is 1. The normalized spacial score (nSPS) is 23.5. The number of halogens is 3. The second-order valence-corrected chi connectivity index (χ2v) is 9.55. The Morgan fingerprint density at radius 2 is 2.00 bits per heavy atom. The number of likely N-dealkylation sites (N-methyl/N-ethyl adjacent to an activating group) is 1. The van der Waals surface area contributed by atoms with Gasteiger partial charge in [-0.2, -0.15) is 0 Å². The second kappa shape index (κ2) is 10.8. The Hall–Kier alpha value is -3.28. The molecule has 36 heavy (non-hydrogen) atoms. The number of carbonyl (C=O) groups is 5. The summed E-state index contributed by atoms with van der Waals surface area (Å²) in [5, 5.41) is 17.2. The molecule has 1 aromatic carbocycles. The molecule has 1 aliphatic heterocycles. The summed E-state index contributed by atoms with van der Waals surface area (Å²) in [5.41, 5.74) is -0.468. The molecule has 1 unspecified atom stereocenters. The van der Waals surface area contributed by atoms with Gasteiger partial charge in [0.05, 0.1) is 17.3 Å². The number of benzene rings is 1. The van der Waals surface area contributed by atoms with Crippen molar-refractivity contribution in [2.24, 2.45) is 5.92 Å². The Balaban J connectivity index is 1.93. The van der Waals surface area contributed by atoms with Gasteiger partial charge in [0.15, 0.2) is 0 Å². The average Bonchev–Trinajstić information content (AvgIpc) is 3.32. The smallest absolute Gasteiger partial charge is 0.412 e. The number of alkyl halides is 2. The van der Waals surface area contributed by atoms with Crippen molar-refractivity contribution >= 4 is 46.9 Å². The molecule has 3 rings (SSSR count). The van der Waals surface area contributed by atoms with Gasteiger partial charge in [-0.1, -0.05) is 11.6 Å². The van der Waals surface area contributed by atoms with E-state index < -0.39 is 60.5 Å². The summed E-state index contributed by atoms with van der Waals surface area (Å²) in [4.78, 5) is 63.1. The van der Waals surface area contributed by atoms with Gasteiger partial charge in [0, 0.05) is 42.9 Å². The molecule has 2 aliphatic rings. The van der Waals surface area contributed by atoms with Crippen LogP contribution in [0.15, 0.2) is 18.2 Å². The third kappa shape index (κ3) is 6.10. The number of carboxylic acid groups (broad SMARTS) is 1. The fourth-order valence-corrected chi connectivity index (χ4v) is 4.87. The van der Waals surface area contributed by atoms with E-state index in [9.17, 15) is 37.9 Å². The molecule has 0 spiro atoms. The van der Waals surface area contributed by atoms with Gasteiger partial charge >= 0.3 is 6.09 Å². The molecule has 0 bridgehead atoms. The number of nitrogens with one attached hydrogen (secondary N) is 3. The van der Waals surface area contributed by atoms with Gasteiger partial charge in [0.2, 0.25) is 17.6 Å². The van der Waals surface area contributed by atoms with Crippen LogP contribution < -0.4 is 20.9 Å². The number of amides is 4. The molecule has 10 nitrogen and oxygen atoms in total. The third-order valence-corrected chi connectivity index (χ3v) is 6.64. The highest BCUT2D eigenvalue weighted by Gasteiger charge is 2.44. The summed E-state index contributed by atoms with van der Waals surface area (Å²) in [7, 11) is 1.24. The maximum absolute atomic E-state index is 13.9. The van der Waals surface area contributed by atoms with Gasteiger partial charge in [0.1, 0.15) is 0 Å². The van der Waals surface area contributed by atoms with Crippen molar-refractivity contribution in [3.8, 4) is 0 Å². The van der Waals surface area contributed by atoms with E-state index in [4.69, 9.17) is 11.6 Å². The second-order valence-electron chi connectivity index (χ2n) is 9.11. The highest BCUT2D eigenvalue weighted by atomic mass is 35.5. The van der Waals surface area contributed by atoms with Gasteiger partial charge in [0.25, 0.3) is 11.8 Å². The van der Waals surface area contributed by atoms with E-state index in [1.165, 1.54) is 19.2 Å². The SMILES string of the molecule is CNC(=O)C(=O)[C@H](C[C@@H]1C[C@@H](C)NC1=O)NC(=O)c1cc(Cl)ccc1N(C(=O)O)C1CCC(F)(F)C1. The zero-order chi connectivity index (χ0) is 26.8. The lowest BCUT2D eigenvalue weighted by Gasteiger charge is -2.28. The highest BCUT2D eigenvalue weighted by Crippen LogP contribution is 2.40. The average molecular weight is 529 g/mol. The molecule has 0 aromatic heterocycles. The highest BCUT2D eigenvalue weighted by molar-refractivity contribution is 6.38. The van der Waals surface area contributed by atoms with E-state index in [-0.39, 0.29) is 41.1 Å². The number of carbonyl (C=O) groups excluding carboxylic acids is 4. The summed E-state index contributed by atoms with van der Waals surface area (Å²) < 4.78 is 27.7. The number of anilines is 1. The topological polar surface area (TPSA) is 145 Å². The number of ketones is 1. The van der Waals surface area contributed by atoms with E-state index in [2.05, 4.69) is 16.0 Å². The fourth-order valence-electron chi connectivity index (χ4n) is 4.69. The summed E-state index contributed by atoms with van der Waals surface area (Å²) in [6.45, 7) is 1.78. The number of rotatable bonds is 8. The van der Waals surface area contributed by atoms with E-state index >= 15 is 0 Å². The Morgan fingerprint density at radius 1 is 1.31 bits per heavy atom. The van der Waals surface area contributed by atoms with Crippen LogP contribution >= 0.6 is 11.6 Å². The number of Topliss-reactive ketones (excluding diaryl/α,β-unsaturated/α-hetero) is 1. The van der Waals surface area contributed by atoms with Crippen molar-refractivity contribution in [3.05, 3.63) is 28.8 Å². The first-order valence-electron chi connectivity index (χ1n) is 11.4. The minimum Gasteiger partial charge on any atom is -0.465 e. The van der Waals surface area contributed by atoms with Crippen molar-refractivity contribution in [1.82, 2.24) is 16.0 Å². The monoisotopic (exact) mass is 528 g/mol. The lowest BCUT2D eigenvalue weighted by molar-refractivity contribution is -0.139. The largest absolute Gasteiger partial charge is 0.465 e. The lowest BCUT2D eigenvalue weighted by Crippen LogP contribution is -2.48. The summed E-state index contributed by atoms with van der Waals surface area (Å²) in [6, 6.07) is 1.05. The van der Waals surface area contributed by atoms with Crippen LogP contribution in [0.3, 0.4) is 0 Å². The fraction of sp³-hybridized carbons (Fsp3) is 0.522. The van der Waals surface area contributed by atoms with Crippen LogP contribution in [0.5, 0.6) is 0 Å². The van der Waals surface area contributed by atoms with Crippen LogP contribution in [0.1, 0.15) is 49.4 Å². The molecule has 13 heteroatoms. The zero-order valence-corrected chi connectivity index (χ0v) is 20.4. The van der Waals surface area contributed by atoms with Crippen LogP contribution in [0.2, 0.25) is 5.02 Å². The van der Waals surface area contributed by atoms with Gasteiger partial charge in [-0.15, -0.1) is 0 Å². The molecule has 2 fully saturated rings. The Bertz CT molecular complexity index is 1080. The third-order valence-electron chi connectivity index (χ3n) is 6.40. The van der Waals surface area contributed by atoms with E-state index in [1.54, 1.807) is 6.92 Å². The molecule has 1 aliphatic carbocycles. The van der Waals surface area contributed by atoms with Crippen LogP contribution in [0, 0.1) is 5.92 Å².